The van der Waals surface area contributed by atoms with E-state index in [9.17, 15) is 0 Å². The summed E-state index contributed by atoms with van der Waals surface area (Å²) in [6.45, 7) is 7.53. The van der Waals surface area contributed by atoms with Crippen LogP contribution in [0.1, 0.15) is 26.7 Å². The van der Waals surface area contributed by atoms with Crippen molar-refractivity contribution in [2.45, 2.75) is 32.8 Å². The summed E-state index contributed by atoms with van der Waals surface area (Å²) in [5, 5.41) is 12.4. The van der Waals surface area contributed by atoms with Crippen LogP contribution >= 0.6 is 0 Å². The topological polar surface area (TPSA) is 41.5 Å². The third-order valence-corrected chi connectivity index (χ3v) is 2.69. The molecular weight excluding hydrogens is 166 g/mol. The SMILES string of the molecule is C[C@@H](O)CNCC1(C)CCOCC1. The van der Waals surface area contributed by atoms with E-state index in [1.807, 2.05) is 0 Å². The van der Waals surface area contributed by atoms with E-state index >= 15 is 0 Å². The Kier molecular flexibility index (Phi) is 4.16. The van der Waals surface area contributed by atoms with Gasteiger partial charge < -0.3 is 15.2 Å². The van der Waals surface area contributed by atoms with Crippen LogP contribution in [-0.2, 0) is 4.74 Å². The molecule has 1 aliphatic heterocycles. The summed E-state index contributed by atoms with van der Waals surface area (Å²) < 4.78 is 5.32. The van der Waals surface area contributed by atoms with Crippen LogP contribution < -0.4 is 5.32 Å². The quantitative estimate of drug-likeness (QED) is 0.683. The third kappa shape index (κ3) is 4.07. The van der Waals surface area contributed by atoms with Gasteiger partial charge in [0, 0.05) is 26.3 Å². The van der Waals surface area contributed by atoms with E-state index in [0.717, 1.165) is 32.6 Å². The average Bonchev–Trinajstić information content (AvgIpc) is 2.04. The summed E-state index contributed by atoms with van der Waals surface area (Å²) in [5.74, 6) is 0. The molecule has 1 atom stereocenters. The molecule has 1 aliphatic rings. The zero-order valence-electron chi connectivity index (χ0n) is 8.68. The maximum Gasteiger partial charge on any atom is 0.0636 e. The Hall–Kier alpha value is -0.120. The van der Waals surface area contributed by atoms with E-state index in [1.165, 1.54) is 0 Å². The fourth-order valence-electron chi connectivity index (χ4n) is 1.62. The molecule has 0 unspecified atom stereocenters. The lowest BCUT2D eigenvalue weighted by Gasteiger charge is -2.33. The monoisotopic (exact) mass is 187 g/mol. The van der Waals surface area contributed by atoms with Gasteiger partial charge in [0.25, 0.3) is 0 Å². The number of rotatable bonds is 4. The molecule has 0 spiro atoms. The van der Waals surface area contributed by atoms with Gasteiger partial charge in [-0.2, -0.15) is 0 Å². The van der Waals surface area contributed by atoms with Gasteiger partial charge in [0.1, 0.15) is 0 Å². The van der Waals surface area contributed by atoms with Crippen molar-refractivity contribution in [1.29, 1.82) is 0 Å². The number of aliphatic hydroxyl groups excluding tert-OH is 1. The second kappa shape index (κ2) is 4.94. The van der Waals surface area contributed by atoms with Crippen LogP contribution in [0.4, 0.5) is 0 Å². The van der Waals surface area contributed by atoms with Gasteiger partial charge in [-0.1, -0.05) is 6.92 Å². The molecule has 0 saturated carbocycles. The van der Waals surface area contributed by atoms with E-state index < -0.39 is 0 Å². The molecule has 1 rings (SSSR count). The van der Waals surface area contributed by atoms with Crippen LogP contribution in [-0.4, -0.2) is 37.5 Å². The van der Waals surface area contributed by atoms with Crippen LogP contribution in [0, 0.1) is 5.41 Å². The van der Waals surface area contributed by atoms with Gasteiger partial charge in [-0.15, -0.1) is 0 Å². The Bertz CT molecular complexity index is 142. The first-order valence-electron chi connectivity index (χ1n) is 5.09. The summed E-state index contributed by atoms with van der Waals surface area (Å²) in [4.78, 5) is 0. The van der Waals surface area contributed by atoms with Crippen molar-refractivity contribution in [1.82, 2.24) is 5.32 Å². The highest BCUT2D eigenvalue weighted by molar-refractivity contribution is 4.79. The average molecular weight is 187 g/mol. The number of ether oxygens (including phenoxy) is 1. The number of aliphatic hydroxyl groups is 1. The first-order valence-corrected chi connectivity index (χ1v) is 5.09. The minimum atomic E-state index is -0.247. The molecule has 0 amide bonds. The predicted molar refractivity (Wildman–Crippen MR) is 52.7 cm³/mol. The second-order valence-corrected chi connectivity index (χ2v) is 4.40. The molecular formula is C10H21NO2. The number of hydrogen-bond donors (Lipinski definition) is 2. The van der Waals surface area contributed by atoms with Crippen LogP contribution in [0.15, 0.2) is 0 Å². The lowest BCUT2D eigenvalue weighted by molar-refractivity contribution is 0.0230. The lowest BCUT2D eigenvalue weighted by Crippen LogP contribution is -2.39. The zero-order chi connectivity index (χ0) is 9.73. The van der Waals surface area contributed by atoms with Crippen LogP contribution in [0.2, 0.25) is 0 Å². The smallest absolute Gasteiger partial charge is 0.0636 e. The molecule has 13 heavy (non-hydrogen) atoms. The van der Waals surface area contributed by atoms with Crippen molar-refractivity contribution >= 4 is 0 Å². The highest BCUT2D eigenvalue weighted by Gasteiger charge is 2.26. The summed E-state index contributed by atoms with van der Waals surface area (Å²) in [5.41, 5.74) is 0.368. The van der Waals surface area contributed by atoms with Crippen molar-refractivity contribution < 1.29 is 9.84 Å². The zero-order valence-corrected chi connectivity index (χ0v) is 8.68. The molecule has 3 heteroatoms. The van der Waals surface area contributed by atoms with Crippen molar-refractivity contribution in [3.63, 3.8) is 0 Å². The van der Waals surface area contributed by atoms with Gasteiger partial charge in [-0.05, 0) is 25.2 Å². The molecule has 3 nitrogen and oxygen atoms in total. The molecule has 2 N–H and O–H groups in total. The first-order chi connectivity index (χ1) is 6.12. The molecule has 78 valence electrons. The van der Waals surface area contributed by atoms with Gasteiger partial charge in [-0.3, -0.25) is 0 Å². The van der Waals surface area contributed by atoms with E-state index in [4.69, 9.17) is 9.84 Å². The highest BCUT2D eigenvalue weighted by atomic mass is 16.5. The number of nitrogens with one attached hydrogen (secondary N) is 1. The molecule has 0 aliphatic carbocycles. The standard InChI is InChI=1S/C10H21NO2/c1-9(12)7-11-8-10(2)3-5-13-6-4-10/h9,11-12H,3-8H2,1-2H3/t9-/m1/s1. The summed E-state index contributed by atoms with van der Waals surface area (Å²) in [6, 6.07) is 0. The molecule has 1 fully saturated rings. The van der Waals surface area contributed by atoms with Crippen LogP contribution in [0.3, 0.4) is 0 Å². The Balaban J connectivity index is 2.17. The Morgan fingerprint density at radius 2 is 2.08 bits per heavy atom. The maximum absolute atomic E-state index is 9.08. The molecule has 1 heterocycles. The van der Waals surface area contributed by atoms with Crippen LogP contribution in [0.25, 0.3) is 0 Å². The summed E-state index contributed by atoms with van der Waals surface area (Å²) >= 11 is 0. The van der Waals surface area contributed by atoms with Gasteiger partial charge in [0.05, 0.1) is 6.10 Å². The first kappa shape index (κ1) is 11.0. The molecule has 0 aromatic heterocycles. The minimum Gasteiger partial charge on any atom is -0.392 e. The molecule has 0 aromatic rings. The fourth-order valence-corrected chi connectivity index (χ4v) is 1.62. The van der Waals surface area contributed by atoms with E-state index in [0.29, 0.717) is 12.0 Å². The van der Waals surface area contributed by atoms with E-state index in [2.05, 4.69) is 12.2 Å². The van der Waals surface area contributed by atoms with Crippen molar-refractivity contribution in [3.8, 4) is 0 Å². The Morgan fingerprint density at radius 1 is 1.46 bits per heavy atom. The predicted octanol–water partition coefficient (Wildman–Crippen LogP) is 0.773. The van der Waals surface area contributed by atoms with Gasteiger partial charge in [0.2, 0.25) is 0 Å². The van der Waals surface area contributed by atoms with Crippen LogP contribution in [0.5, 0.6) is 0 Å². The summed E-state index contributed by atoms with van der Waals surface area (Å²) in [7, 11) is 0. The largest absolute Gasteiger partial charge is 0.392 e. The molecule has 0 bridgehead atoms. The van der Waals surface area contributed by atoms with Crippen molar-refractivity contribution in [2.75, 3.05) is 26.3 Å². The lowest BCUT2D eigenvalue weighted by atomic mass is 9.82. The van der Waals surface area contributed by atoms with Gasteiger partial charge >= 0.3 is 0 Å². The third-order valence-electron chi connectivity index (χ3n) is 2.69. The molecule has 0 aromatic carbocycles. The fraction of sp³-hybridized carbons (Fsp3) is 1.00. The second-order valence-electron chi connectivity index (χ2n) is 4.40. The normalized spacial score (nSPS) is 24.2. The van der Waals surface area contributed by atoms with Crippen molar-refractivity contribution in [2.24, 2.45) is 5.41 Å². The van der Waals surface area contributed by atoms with E-state index in [-0.39, 0.29) is 6.10 Å². The van der Waals surface area contributed by atoms with Gasteiger partial charge in [-0.25, -0.2) is 0 Å². The van der Waals surface area contributed by atoms with Gasteiger partial charge in [0.15, 0.2) is 0 Å². The Labute approximate surface area is 80.5 Å². The highest BCUT2D eigenvalue weighted by Crippen LogP contribution is 2.28. The van der Waals surface area contributed by atoms with E-state index in [1.54, 1.807) is 6.92 Å². The maximum atomic E-state index is 9.08. The minimum absolute atomic E-state index is 0.247. The summed E-state index contributed by atoms with van der Waals surface area (Å²) in [6.07, 6.45) is 2.00. The number of hydrogen-bond acceptors (Lipinski definition) is 3. The van der Waals surface area contributed by atoms with Crippen molar-refractivity contribution in [3.05, 3.63) is 0 Å². The Morgan fingerprint density at radius 3 is 2.62 bits per heavy atom. The molecule has 0 radical (unpaired) electrons. The molecule has 1 saturated heterocycles.